The molecule has 1 aromatic heterocycles. The molecular formula is C13H10F3N3OS. The van der Waals surface area contributed by atoms with E-state index in [9.17, 15) is 13.2 Å². The molecular weight excluding hydrogens is 303 g/mol. The third-order valence-corrected chi connectivity index (χ3v) is 2.67. The maximum Gasteiger partial charge on any atom is 0.573 e. The molecule has 0 bridgehead atoms. The Bertz CT molecular complexity index is 644. The van der Waals surface area contributed by atoms with E-state index in [1.165, 1.54) is 30.5 Å². The van der Waals surface area contributed by atoms with Gasteiger partial charge in [-0.3, -0.25) is 4.98 Å². The van der Waals surface area contributed by atoms with Gasteiger partial charge in [0.25, 0.3) is 0 Å². The molecule has 0 saturated carbocycles. The smallest absolute Gasteiger partial charge is 0.406 e. The van der Waals surface area contributed by atoms with Crippen molar-refractivity contribution in [2.45, 2.75) is 6.36 Å². The average molecular weight is 313 g/mol. The number of thiocarbonyl (C=S) groups is 1. The van der Waals surface area contributed by atoms with Gasteiger partial charge < -0.3 is 15.8 Å². The largest absolute Gasteiger partial charge is 0.573 e. The van der Waals surface area contributed by atoms with E-state index >= 15 is 0 Å². The normalized spacial score (nSPS) is 11.0. The number of hydrogen-bond donors (Lipinski definition) is 2. The van der Waals surface area contributed by atoms with Crippen LogP contribution >= 0.6 is 12.2 Å². The van der Waals surface area contributed by atoms with Crippen LogP contribution < -0.4 is 15.8 Å². The van der Waals surface area contributed by atoms with Crippen molar-refractivity contribution in [1.29, 1.82) is 0 Å². The maximum atomic E-state index is 12.1. The fraction of sp³-hybridized carbons (Fsp3) is 0.0769. The third-order valence-electron chi connectivity index (χ3n) is 2.45. The number of halogens is 3. The Morgan fingerprint density at radius 3 is 2.43 bits per heavy atom. The van der Waals surface area contributed by atoms with Crippen molar-refractivity contribution >= 4 is 28.6 Å². The molecule has 110 valence electrons. The number of pyridine rings is 1. The summed E-state index contributed by atoms with van der Waals surface area (Å²) in [4.78, 5) is 4.13. The number of anilines is 2. The zero-order valence-corrected chi connectivity index (χ0v) is 11.3. The third kappa shape index (κ3) is 4.32. The molecule has 1 heterocycles. The summed E-state index contributed by atoms with van der Waals surface area (Å²) in [7, 11) is 0. The van der Waals surface area contributed by atoms with E-state index in [1.54, 1.807) is 12.3 Å². The standard InChI is InChI=1S/C13H10F3N3OS/c14-13(15,16)20-9-3-1-8(2-4-9)19-11-7-18-6-5-10(11)12(17)21/h1-7,19H,(H2,17,21). The maximum absolute atomic E-state index is 12.1. The molecule has 0 spiro atoms. The highest BCUT2D eigenvalue weighted by molar-refractivity contribution is 7.80. The molecule has 8 heteroatoms. The molecule has 0 aliphatic rings. The summed E-state index contributed by atoms with van der Waals surface area (Å²) in [6.07, 6.45) is -1.65. The topological polar surface area (TPSA) is 60.2 Å². The van der Waals surface area contributed by atoms with Gasteiger partial charge in [0.05, 0.1) is 11.9 Å². The highest BCUT2D eigenvalue weighted by atomic mass is 32.1. The number of nitrogens with two attached hydrogens (primary N) is 1. The van der Waals surface area contributed by atoms with Crippen molar-refractivity contribution in [1.82, 2.24) is 4.98 Å². The second kappa shape index (κ2) is 5.96. The number of rotatable bonds is 4. The number of nitrogens with zero attached hydrogens (tertiary/aromatic N) is 1. The summed E-state index contributed by atoms with van der Waals surface area (Å²) >= 11 is 4.91. The first-order chi connectivity index (χ1) is 9.85. The van der Waals surface area contributed by atoms with Crippen LogP contribution in [0.1, 0.15) is 5.56 Å². The Morgan fingerprint density at radius 2 is 1.86 bits per heavy atom. The summed E-state index contributed by atoms with van der Waals surface area (Å²) in [6.45, 7) is 0. The molecule has 0 atom stereocenters. The van der Waals surface area contributed by atoms with Gasteiger partial charge in [-0.15, -0.1) is 13.2 Å². The van der Waals surface area contributed by atoms with Gasteiger partial charge in [-0.25, -0.2) is 0 Å². The van der Waals surface area contributed by atoms with Gasteiger partial charge in [0.2, 0.25) is 0 Å². The lowest BCUT2D eigenvalue weighted by molar-refractivity contribution is -0.274. The zero-order valence-electron chi connectivity index (χ0n) is 10.5. The summed E-state index contributed by atoms with van der Waals surface area (Å²) in [5, 5.41) is 2.98. The lowest BCUT2D eigenvalue weighted by Gasteiger charge is -2.12. The van der Waals surface area contributed by atoms with Gasteiger partial charge in [-0.1, -0.05) is 12.2 Å². The molecule has 0 aliphatic carbocycles. The molecule has 2 aromatic rings. The second-order valence-corrected chi connectivity index (χ2v) is 4.42. The summed E-state index contributed by atoms with van der Waals surface area (Å²) in [6, 6.07) is 6.93. The first-order valence-corrected chi connectivity index (χ1v) is 6.12. The van der Waals surface area contributed by atoms with E-state index in [0.29, 0.717) is 16.9 Å². The van der Waals surface area contributed by atoms with Crippen LogP contribution in [0.2, 0.25) is 0 Å². The van der Waals surface area contributed by atoms with Crippen LogP contribution in [-0.2, 0) is 0 Å². The van der Waals surface area contributed by atoms with Crippen LogP contribution in [0.15, 0.2) is 42.7 Å². The van der Waals surface area contributed by atoms with Crippen molar-refractivity contribution < 1.29 is 17.9 Å². The molecule has 4 nitrogen and oxygen atoms in total. The van der Waals surface area contributed by atoms with Crippen LogP contribution in [0.5, 0.6) is 5.75 Å². The number of ether oxygens (including phenoxy) is 1. The number of aromatic nitrogens is 1. The summed E-state index contributed by atoms with van der Waals surface area (Å²) < 4.78 is 40.0. The van der Waals surface area contributed by atoms with Gasteiger partial charge in [0.1, 0.15) is 10.7 Å². The monoisotopic (exact) mass is 313 g/mol. The zero-order chi connectivity index (χ0) is 15.5. The second-order valence-electron chi connectivity index (χ2n) is 3.98. The fourth-order valence-electron chi connectivity index (χ4n) is 1.60. The molecule has 0 fully saturated rings. The molecule has 1 aromatic carbocycles. The highest BCUT2D eigenvalue weighted by Gasteiger charge is 2.30. The minimum Gasteiger partial charge on any atom is -0.406 e. The van der Waals surface area contributed by atoms with Gasteiger partial charge in [0.15, 0.2) is 0 Å². The van der Waals surface area contributed by atoms with Crippen LogP contribution in [0.3, 0.4) is 0 Å². The number of nitrogens with one attached hydrogen (secondary N) is 1. The summed E-state index contributed by atoms with van der Waals surface area (Å²) in [5.74, 6) is -0.297. The van der Waals surface area contributed by atoms with E-state index in [0.717, 1.165) is 0 Å². The quantitative estimate of drug-likeness (QED) is 0.848. The lowest BCUT2D eigenvalue weighted by atomic mass is 10.2. The first-order valence-electron chi connectivity index (χ1n) is 5.72. The predicted octanol–water partition coefficient (Wildman–Crippen LogP) is 3.36. The highest BCUT2D eigenvalue weighted by Crippen LogP contribution is 2.26. The van der Waals surface area contributed by atoms with Crippen molar-refractivity contribution in [3.63, 3.8) is 0 Å². The van der Waals surface area contributed by atoms with E-state index in [1.807, 2.05) is 0 Å². The first kappa shape index (κ1) is 15.0. The van der Waals surface area contributed by atoms with Gasteiger partial charge in [-0.2, -0.15) is 0 Å². The van der Waals surface area contributed by atoms with Gasteiger partial charge in [0, 0.05) is 17.4 Å². The Morgan fingerprint density at radius 1 is 1.19 bits per heavy atom. The Labute approximate surface area is 123 Å². The molecule has 0 amide bonds. The summed E-state index contributed by atoms with van der Waals surface area (Å²) in [5.41, 5.74) is 7.29. The van der Waals surface area contributed by atoms with Crippen molar-refractivity contribution in [2.75, 3.05) is 5.32 Å². The molecule has 0 aliphatic heterocycles. The molecule has 0 saturated heterocycles. The van der Waals surface area contributed by atoms with Crippen LogP contribution in [-0.4, -0.2) is 16.3 Å². The Hall–Kier alpha value is -2.35. The van der Waals surface area contributed by atoms with Crippen molar-refractivity contribution in [3.05, 3.63) is 48.3 Å². The van der Waals surface area contributed by atoms with Gasteiger partial charge in [-0.05, 0) is 30.3 Å². The van der Waals surface area contributed by atoms with E-state index in [4.69, 9.17) is 18.0 Å². The minimum atomic E-state index is -4.71. The molecule has 0 unspecified atom stereocenters. The van der Waals surface area contributed by atoms with Gasteiger partial charge >= 0.3 is 6.36 Å². The molecule has 0 radical (unpaired) electrons. The van der Waals surface area contributed by atoms with E-state index in [-0.39, 0.29) is 10.7 Å². The SMILES string of the molecule is NC(=S)c1ccncc1Nc1ccc(OC(F)(F)F)cc1. The Kier molecular flexibility index (Phi) is 4.27. The van der Waals surface area contributed by atoms with Crippen molar-refractivity contribution in [3.8, 4) is 5.75 Å². The average Bonchev–Trinajstić information content (AvgIpc) is 2.40. The number of hydrogen-bond acceptors (Lipinski definition) is 4. The van der Waals surface area contributed by atoms with Crippen LogP contribution in [0.25, 0.3) is 0 Å². The van der Waals surface area contributed by atoms with Crippen molar-refractivity contribution in [2.24, 2.45) is 5.73 Å². The molecule has 21 heavy (non-hydrogen) atoms. The van der Waals surface area contributed by atoms with E-state index in [2.05, 4.69) is 15.0 Å². The predicted molar refractivity (Wildman–Crippen MR) is 76.5 cm³/mol. The number of benzene rings is 1. The lowest BCUT2D eigenvalue weighted by Crippen LogP contribution is -2.17. The Balaban J connectivity index is 2.16. The minimum absolute atomic E-state index is 0.192. The number of alkyl halides is 3. The fourth-order valence-corrected chi connectivity index (χ4v) is 1.78. The van der Waals surface area contributed by atoms with E-state index < -0.39 is 6.36 Å². The molecule has 2 rings (SSSR count). The van der Waals surface area contributed by atoms with Crippen LogP contribution in [0.4, 0.5) is 24.5 Å². The van der Waals surface area contributed by atoms with Crippen LogP contribution in [0, 0.1) is 0 Å². The molecule has 3 N–H and O–H groups in total.